The van der Waals surface area contributed by atoms with Crippen molar-refractivity contribution in [1.29, 1.82) is 0 Å². The largest absolute Gasteiger partial charge is 0.456 e. The van der Waals surface area contributed by atoms with Crippen LogP contribution in [0.5, 0.6) is 11.5 Å². The summed E-state index contributed by atoms with van der Waals surface area (Å²) in [6, 6.07) is 71.0. The molecule has 0 atom stereocenters. The maximum atomic E-state index is 6.49. The van der Waals surface area contributed by atoms with Crippen LogP contribution in [-0.2, 0) is 0 Å². The van der Waals surface area contributed by atoms with Crippen LogP contribution in [0.25, 0.3) is 55.6 Å². The Morgan fingerprint density at radius 1 is 0.260 bits per heavy atom. The minimum atomic E-state index is 0.867. The topological polar surface area (TPSA) is 12.5 Å². The molecule has 9 rings (SSSR count). The van der Waals surface area contributed by atoms with E-state index in [2.05, 4.69) is 193 Å². The summed E-state index contributed by atoms with van der Waals surface area (Å²) in [5.41, 5.74) is 15.0. The van der Waals surface area contributed by atoms with Gasteiger partial charge in [0.25, 0.3) is 0 Å². The van der Waals surface area contributed by atoms with E-state index < -0.39 is 0 Å². The highest BCUT2D eigenvalue weighted by molar-refractivity contribution is 5.99. The minimum Gasteiger partial charge on any atom is -0.456 e. The van der Waals surface area contributed by atoms with Crippen molar-refractivity contribution in [2.24, 2.45) is 0 Å². The lowest BCUT2D eigenvalue weighted by Crippen LogP contribution is -2.09. The van der Waals surface area contributed by atoms with Crippen molar-refractivity contribution in [3.8, 4) is 67.1 Å². The molecule has 0 radical (unpaired) electrons. The van der Waals surface area contributed by atoms with Crippen LogP contribution in [0.15, 0.2) is 200 Å². The van der Waals surface area contributed by atoms with Gasteiger partial charge in [-0.2, -0.15) is 0 Å². The van der Waals surface area contributed by atoms with E-state index in [1.165, 1.54) is 38.9 Å². The second kappa shape index (κ2) is 12.8. The van der Waals surface area contributed by atoms with Gasteiger partial charge in [-0.25, -0.2) is 0 Å². The van der Waals surface area contributed by atoms with E-state index in [9.17, 15) is 0 Å². The predicted molar refractivity (Wildman–Crippen MR) is 208 cm³/mol. The first-order chi connectivity index (χ1) is 24.8. The molecule has 0 N–H and O–H groups in total. The molecule has 0 fully saturated rings. The third kappa shape index (κ3) is 5.43. The summed E-state index contributed by atoms with van der Waals surface area (Å²) in [7, 11) is 0. The van der Waals surface area contributed by atoms with Crippen molar-refractivity contribution in [3.05, 3.63) is 200 Å². The summed E-state index contributed by atoms with van der Waals surface area (Å²) < 4.78 is 6.49. The van der Waals surface area contributed by atoms with Gasteiger partial charge in [0.1, 0.15) is 11.5 Å². The lowest BCUT2D eigenvalue weighted by Gasteiger charge is -2.26. The van der Waals surface area contributed by atoms with E-state index in [0.29, 0.717) is 0 Å². The lowest BCUT2D eigenvalue weighted by atomic mass is 9.87. The molecule has 0 saturated heterocycles. The molecule has 2 heteroatoms. The van der Waals surface area contributed by atoms with Crippen LogP contribution in [0.4, 0.5) is 17.1 Å². The average Bonchev–Trinajstić information content (AvgIpc) is 3.34. The van der Waals surface area contributed by atoms with Gasteiger partial charge in [0.2, 0.25) is 0 Å². The molecule has 0 aliphatic carbocycles. The Morgan fingerprint density at radius 2 is 0.640 bits per heavy atom. The first-order valence-electron chi connectivity index (χ1n) is 17.0. The molecule has 1 aliphatic rings. The van der Waals surface area contributed by atoms with E-state index in [4.69, 9.17) is 4.74 Å². The molecule has 236 valence electrons. The van der Waals surface area contributed by atoms with Gasteiger partial charge in [-0.15, -0.1) is 0 Å². The Balaban J connectivity index is 1.14. The van der Waals surface area contributed by atoms with E-state index in [1.807, 2.05) is 12.1 Å². The lowest BCUT2D eigenvalue weighted by molar-refractivity contribution is 0.488. The first-order valence-corrected chi connectivity index (χ1v) is 17.0. The van der Waals surface area contributed by atoms with Crippen LogP contribution in [0.3, 0.4) is 0 Å². The van der Waals surface area contributed by atoms with Crippen LogP contribution in [0.1, 0.15) is 0 Å². The van der Waals surface area contributed by atoms with Crippen LogP contribution in [0.2, 0.25) is 0 Å². The van der Waals surface area contributed by atoms with Crippen molar-refractivity contribution in [1.82, 2.24) is 0 Å². The molecule has 0 aromatic heterocycles. The van der Waals surface area contributed by atoms with Crippen molar-refractivity contribution in [2.75, 3.05) is 4.90 Å². The standard InChI is InChI=1S/C48H33NO/c1-3-12-34(13-4-1)36-22-28-39(29-23-36)49(40-30-24-37(25-31-40)35-14-5-2-6-15-35)41-32-26-38(27-33-41)42-18-11-19-44-43-16-7-9-20-46(43)50-47-21-10-8-17-45(47)48(42)44/h1-33H. The van der Waals surface area contributed by atoms with Crippen molar-refractivity contribution < 1.29 is 4.74 Å². The summed E-state index contributed by atoms with van der Waals surface area (Å²) in [6.45, 7) is 0. The molecular formula is C48H33NO. The van der Waals surface area contributed by atoms with Crippen LogP contribution >= 0.6 is 0 Å². The number of rotatable bonds is 6. The number of fused-ring (bicyclic) bond motifs is 5. The zero-order valence-corrected chi connectivity index (χ0v) is 27.4. The zero-order valence-electron chi connectivity index (χ0n) is 27.4. The second-order valence-electron chi connectivity index (χ2n) is 12.5. The summed E-state index contributed by atoms with van der Waals surface area (Å²) in [4.78, 5) is 2.33. The molecule has 0 spiro atoms. The number of nitrogens with zero attached hydrogens (tertiary/aromatic N) is 1. The smallest absolute Gasteiger partial charge is 0.135 e. The molecule has 50 heavy (non-hydrogen) atoms. The van der Waals surface area contributed by atoms with Crippen LogP contribution < -0.4 is 9.64 Å². The Hall–Kier alpha value is -6.64. The monoisotopic (exact) mass is 639 g/mol. The van der Waals surface area contributed by atoms with E-state index in [1.54, 1.807) is 0 Å². The van der Waals surface area contributed by atoms with Gasteiger partial charge in [-0.05, 0) is 87.5 Å². The Bertz CT molecular complexity index is 2330. The number of ether oxygens (including phenoxy) is 1. The quantitative estimate of drug-likeness (QED) is 0.179. The molecule has 0 amide bonds. The highest BCUT2D eigenvalue weighted by Crippen LogP contribution is 2.50. The highest BCUT2D eigenvalue weighted by atomic mass is 16.5. The molecule has 0 bridgehead atoms. The fourth-order valence-corrected chi connectivity index (χ4v) is 7.07. The normalized spacial score (nSPS) is 11.4. The van der Waals surface area contributed by atoms with Gasteiger partial charge in [0.15, 0.2) is 0 Å². The third-order valence-electron chi connectivity index (χ3n) is 9.52. The molecule has 0 saturated carbocycles. The minimum absolute atomic E-state index is 0.867. The van der Waals surface area contributed by atoms with Crippen LogP contribution in [0, 0.1) is 0 Å². The van der Waals surface area contributed by atoms with Crippen molar-refractivity contribution >= 4 is 17.1 Å². The summed E-state index contributed by atoms with van der Waals surface area (Å²) in [5, 5.41) is 0. The van der Waals surface area contributed by atoms with Gasteiger partial charge >= 0.3 is 0 Å². The molecule has 8 aromatic carbocycles. The van der Waals surface area contributed by atoms with Crippen molar-refractivity contribution in [2.45, 2.75) is 0 Å². The average molecular weight is 640 g/mol. The second-order valence-corrected chi connectivity index (χ2v) is 12.5. The molecule has 1 aliphatic heterocycles. The van der Waals surface area contributed by atoms with Gasteiger partial charge in [-0.3, -0.25) is 0 Å². The van der Waals surface area contributed by atoms with E-state index >= 15 is 0 Å². The summed E-state index contributed by atoms with van der Waals surface area (Å²) in [5.74, 6) is 1.74. The number of anilines is 3. The fourth-order valence-electron chi connectivity index (χ4n) is 7.07. The first kappa shape index (κ1) is 29.5. The van der Waals surface area contributed by atoms with Gasteiger partial charge in [-0.1, -0.05) is 152 Å². The molecule has 1 heterocycles. The maximum absolute atomic E-state index is 6.49. The predicted octanol–water partition coefficient (Wildman–Crippen LogP) is 13.6. The molecule has 8 aromatic rings. The molecule has 0 unspecified atom stereocenters. The molecule has 2 nitrogen and oxygen atoms in total. The Labute approximate surface area is 293 Å². The highest BCUT2D eigenvalue weighted by Gasteiger charge is 2.23. The van der Waals surface area contributed by atoms with E-state index in [-0.39, 0.29) is 0 Å². The maximum Gasteiger partial charge on any atom is 0.135 e. The van der Waals surface area contributed by atoms with Gasteiger partial charge < -0.3 is 9.64 Å². The third-order valence-corrected chi connectivity index (χ3v) is 9.52. The fraction of sp³-hybridized carbons (Fsp3) is 0. The Kier molecular flexibility index (Phi) is 7.53. The van der Waals surface area contributed by atoms with Gasteiger partial charge in [0, 0.05) is 33.8 Å². The zero-order chi connectivity index (χ0) is 33.3. The summed E-state index contributed by atoms with van der Waals surface area (Å²) >= 11 is 0. The Morgan fingerprint density at radius 3 is 1.18 bits per heavy atom. The number of hydrogen-bond donors (Lipinski definition) is 0. The van der Waals surface area contributed by atoms with Crippen molar-refractivity contribution in [3.63, 3.8) is 0 Å². The number of para-hydroxylation sites is 2. The molecular weight excluding hydrogens is 607 g/mol. The SMILES string of the molecule is c1ccc(-c2ccc(N(c3ccc(-c4ccccc4)cc3)c3ccc(-c4cccc5c4-c4ccccc4Oc4ccccc4-5)cc3)cc2)cc1. The van der Waals surface area contributed by atoms with E-state index in [0.717, 1.165) is 45.3 Å². The number of benzene rings is 8. The van der Waals surface area contributed by atoms with Gasteiger partial charge in [0.05, 0.1) is 0 Å². The van der Waals surface area contributed by atoms with Crippen LogP contribution in [-0.4, -0.2) is 0 Å². The summed E-state index contributed by atoms with van der Waals surface area (Å²) in [6.07, 6.45) is 0. The number of hydrogen-bond acceptors (Lipinski definition) is 2.